The van der Waals surface area contributed by atoms with Crippen LogP contribution in [0, 0.1) is 34.4 Å². The van der Waals surface area contributed by atoms with E-state index in [1.54, 1.807) is 12.1 Å². The number of aromatic nitrogens is 2. The van der Waals surface area contributed by atoms with Crippen molar-refractivity contribution >= 4 is 12.0 Å². The van der Waals surface area contributed by atoms with Crippen LogP contribution in [0.5, 0.6) is 0 Å². The van der Waals surface area contributed by atoms with Crippen LogP contribution in [0.1, 0.15) is 62.8 Å². The first-order valence-electron chi connectivity index (χ1n) is 16.0. The van der Waals surface area contributed by atoms with Crippen LogP contribution in [0.2, 0.25) is 0 Å². The van der Waals surface area contributed by atoms with Gasteiger partial charge in [0.2, 0.25) is 0 Å². The number of nitrogens with one attached hydrogen (secondary N) is 1. The minimum Gasteiger partial charge on any atom is -0.394 e. The van der Waals surface area contributed by atoms with Gasteiger partial charge in [0.05, 0.1) is 36.3 Å². The molecular formula is C36H42FN3O4. The van der Waals surface area contributed by atoms with Crippen molar-refractivity contribution in [3.05, 3.63) is 89.0 Å². The molecule has 5 unspecified atom stereocenters. The summed E-state index contributed by atoms with van der Waals surface area (Å²) >= 11 is 0. The molecule has 0 saturated heterocycles. The molecule has 44 heavy (non-hydrogen) atoms. The molecule has 4 aliphatic rings. The van der Waals surface area contributed by atoms with Gasteiger partial charge < -0.3 is 20.6 Å². The molecule has 232 valence electrons. The Bertz CT molecular complexity index is 1590. The number of rotatable bonds is 6. The quantitative estimate of drug-likeness (QED) is 0.331. The van der Waals surface area contributed by atoms with E-state index in [0.717, 1.165) is 48.2 Å². The molecule has 1 amide bonds. The maximum Gasteiger partial charge on any atom is 0.252 e. The number of hydrogen-bond donors (Lipinski definition) is 4. The second kappa shape index (κ2) is 10.6. The van der Waals surface area contributed by atoms with Crippen LogP contribution in [0.25, 0.3) is 11.8 Å². The van der Waals surface area contributed by atoms with Crippen molar-refractivity contribution < 1.29 is 24.5 Å². The van der Waals surface area contributed by atoms with Gasteiger partial charge in [-0.3, -0.25) is 4.79 Å². The number of amides is 1. The molecule has 8 heteroatoms. The minimum atomic E-state index is -1.62. The number of carbonyl (C=O) groups is 1. The number of halogens is 1. The number of fused-ring (bicyclic) bond motifs is 6. The van der Waals surface area contributed by atoms with E-state index in [1.807, 2.05) is 48.1 Å². The molecule has 0 spiro atoms. The number of nitrogens with zero attached hydrogens (tertiary/aromatic N) is 2. The lowest BCUT2D eigenvalue weighted by Gasteiger charge is -2.60. The molecule has 0 radical (unpaired) electrons. The van der Waals surface area contributed by atoms with E-state index in [9.17, 15) is 24.5 Å². The summed E-state index contributed by atoms with van der Waals surface area (Å²) in [7, 11) is 0. The van der Waals surface area contributed by atoms with Crippen LogP contribution in [-0.4, -0.2) is 55.4 Å². The number of aliphatic hydroxyl groups is 3. The molecule has 3 fully saturated rings. The zero-order valence-electron chi connectivity index (χ0n) is 25.4. The van der Waals surface area contributed by atoms with Crippen molar-refractivity contribution in [2.24, 2.45) is 28.6 Å². The van der Waals surface area contributed by atoms with Gasteiger partial charge in [0.25, 0.3) is 5.91 Å². The van der Waals surface area contributed by atoms with Crippen LogP contribution < -0.4 is 5.32 Å². The molecule has 0 aliphatic heterocycles. The Labute approximate surface area is 257 Å². The molecule has 3 aromatic rings. The van der Waals surface area contributed by atoms with E-state index in [1.165, 1.54) is 17.7 Å². The van der Waals surface area contributed by atoms with E-state index in [-0.39, 0.29) is 35.6 Å². The first kappa shape index (κ1) is 29.4. The maximum atomic E-state index is 13.8. The van der Waals surface area contributed by atoms with E-state index < -0.39 is 29.1 Å². The number of aliphatic hydroxyl groups excluding tert-OH is 2. The normalized spacial score (nSPS) is 34.6. The van der Waals surface area contributed by atoms with Crippen molar-refractivity contribution in [3.63, 3.8) is 0 Å². The summed E-state index contributed by atoms with van der Waals surface area (Å²) in [6, 6.07) is 15.6. The van der Waals surface area contributed by atoms with E-state index in [4.69, 9.17) is 0 Å². The van der Waals surface area contributed by atoms with Crippen LogP contribution in [0.4, 0.5) is 4.39 Å². The fourth-order valence-electron chi connectivity index (χ4n) is 9.72. The van der Waals surface area contributed by atoms with Gasteiger partial charge in [0.15, 0.2) is 0 Å². The standard InChI is InChI=1S/C36H42FN3O4/c1-34-18-23-20-38-40(27-11-9-25(37)10-12-27)30(23)17-24(34)8-13-28-29-14-15-36(44,35(29,2)19-31(42)32(28)34)33(43)39-26(21-41)16-22-6-4-3-5-7-22/h3-7,9-12,17,20,26,28-29,31-32,41-42,44H,8,13-16,18-19,21H2,1-2H3,(H,39,43)/t26-,28?,29?,31-,32?,34?,35?,36-/m0/s1. The lowest BCUT2D eigenvalue weighted by Crippen LogP contribution is -2.64. The van der Waals surface area contributed by atoms with Gasteiger partial charge in [-0.2, -0.15) is 5.10 Å². The average Bonchev–Trinajstić information content (AvgIpc) is 3.53. The van der Waals surface area contributed by atoms with Crippen molar-refractivity contribution in [2.75, 3.05) is 6.61 Å². The Kier molecular flexibility index (Phi) is 7.11. The molecule has 1 heterocycles. The molecule has 2 aromatic carbocycles. The highest BCUT2D eigenvalue weighted by Gasteiger charge is 2.68. The van der Waals surface area contributed by atoms with Crippen molar-refractivity contribution in [1.82, 2.24) is 15.1 Å². The highest BCUT2D eigenvalue weighted by atomic mass is 19.1. The number of allylic oxidation sites excluding steroid dienone is 1. The molecule has 7 rings (SSSR count). The largest absolute Gasteiger partial charge is 0.394 e. The molecule has 8 atom stereocenters. The molecule has 0 bridgehead atoms. The topological polar surface area (TPSA) is 108 Å². The zero-order chi connectivity index (χ0) is 30.9. The van der Waals surface area contributed by atoms with Gasteiger partial charge in [-0.25, -0.2) is 9.07 Å². The monoisotopic (exact) mass is 599 g/mol. The summed E-state index contributed by atoms with van der Waals surface area (Å²) in [5, 5.41) is 41.8. The Morgan fingerprint density at radius 1 is 1.14 bits per heavy atom. The smallest absolute Gasteiger partial charge is 0.252 e. The number of benzene rings is 2. The molecule has 1 aromatic heterocycles. The van der Waals surface area contributed by atoms with E-state index >= 15 is 0 Å². The minimum absolute atomic E-state index is 0.00317. The Hall–Kier alpha value is -3.33. The molecule has 7 nitrogen and oxygen atoms in total. The molecular weight excluding hydrogens is 557 g/mol. The Morgan fingerprint density at radius 3 is 2.61 bits per heavy atom. The van der Waals surface area contributed by atoms with Crippen molar-refractivity contribution in [1.29, 1.82) is 0 Å². The van der Waals surface area contributed by atoms with Gasteiger partial charge in [-0.05, 0) is 110 Å². The molecule has 3 saturated carbocycles. The summed E-state index contributed by atoms with van der Waals surface area (Å²) in [5.74, 6) is -0.471. The molecule has 4 aliphatic carbocycles. The van der Waals surface area contributed by atoms with Gasteiger partial charge >= 0.3 is 0 Å². The third kappa shape index (κ3) is 4.40. The summed E-state index contributed by atoms with van der Waals surface area (Å²) < 4.78 is 15.5. The second-order valence-electron chi connectivity index (χ2n) is 14.2. The summed E-state index contributed by atoms with van der Waals surface area (Å²) in [6.07, 6.45) is 7.83. The van der Waals surface area contributed by atoms with Crippen molar-refractivity contribution in [3.8, 4) is 5.69 Å². The number of carbonyl (C=O) groups excluding carboxylic acids is 1. The first-order chi connectivity index (χ1) is 21.1. The zero-order valence-corrected chi connectivity index (χ0v) is 25.4. The van der Waals surface area contributed by atoms with Crippen LogP contribution >= 0.6 is 0 Å². The first-order valence-corrected chi connectivity index (χ1v) is 16.0. The fraction of sp³-hybridized carbons (Fsp3) is 0.500. The maximum absolute atomic E-state index is 13.8. The van der Waals surface area contributed by atoms with Crippen LogP contribution in [0.15, 0.2) is 66.4 Å². The lowest BCUT2D eigenvalue weighted by atomic mass is 9.45. The number of hydrogen-bond acceptors (Lipinski definition) is 5. The van der Waals surface area contributed by atoms with Crippen LogP contribution in [-0.2, 0) is 17.6 Å². The Morgan fingerprint density at radius 2 is 1.89 bits per heavy atom. The highest BCUT2D eigenvalue weighted by molar-refractivity contribution is 5.87. The van der Waals surface area contributed by atoms with E-state index in [2.05, 4.69) is 23.4 Å². The fourth-order valence-corrected chi connectivity index (χ4v) is 9.72. The van der Waals surface area contributed by atoms with Gasteiger partial charge in [0.1, 0.15) is 11.4 Å². The highest BCUT2D eigenvalue weighted by Crippen LogP contribution is 2.67. The van der Waals surface area contributed by atoms with E-state index in [0.29, 0.717) is 19.3 Å². The summed E-state index contributed by atoms with van der Waals surface area (Å²) in [6.45, 7) is 4.04. The summed E-state index contributed by atoms with van der Waals surface area (Å²) in [5.41, 5.74) is 2.56. The lowest BCUT2D eigenvalue weighted by molar-refractivity contribution is -0.181. The third-order valence-electron chi connectivity index (χ3n) is 11.9. The second-order valence-corrected chi connectivity index (χ2v) is 14.2. The summed E-state index contributed by atoms with van der Waals surface area (Å²) in [4.78, 5) is 13.8. The van der Waals surface area contributed by atoms with Crippen LogP contribution in [0.3, 0.4) is 0 Å². The van der Waals surface area contributed by atoms with Gasteiger partial charge in [-0.15, -0.1) is 0 Å². The predicted octanol–water partition coefficient (Wildman–Crippen LogP) is 4.62. The van der Waals surface area contributed by atoms with Gasteiger partial charge in [0, 0.05) is 5.41 Å². The predicted molar refractivity (Wildman–Crippen MR) is 165 cm³/mol. The average molecular weight is 600 g/mol. The Balaban J connectivity index is 1.14. The SMILES string of the molecule is CC12Cc3cnn(-c4ccc(F)cc4)c3C=C1CCC1C2[C@@H](O)CC2(C)C1CC[C@]2(O)C(=O)N[C@H](CO)Cc1ccccc1. The molecule has 4 N–H and O–H groups in total. The van der Waals surface area contributed by atoms with Gasteiger partial charge in [-0.1, -0.05) is 49.8 Å². The van der Waals surface area contributed by atoms with Crippen molar-refractivity contribution in [2.45, 2.75) is 76.5 Å². The third-order valence-corrected chi connectivity index (χ3v) is 11.9.